The van der Waals surface area contributed by atoms with Crippen molar-refractivity contribution in [2.75, 3.05) is 31.9 Å². The average Bonchev–Trinajstić information content (AvgIpc) is 3.38. The van der Waals surface area contributed by atoms with Crippen molar-refractivity contribution >= 4 is 31.9 Å². The maximum atomic E-state index is 13.8. The Balaban J connectivity index is 1.91. The van der Waals surface area contributed by atoms with E-state index in [4.69, 9.17) is 14.2 Å². The minimum absolute atomic E-state index is 0.0305. The van der Waals surface area contributed by atoms with Crippen LogP contribution in [0.5, 0.6) is 11.5 Å². The molecule has 2 amide bonds. The number of aliphatic hydroxyl groups excluding tert-OH is 1. The second-order valence-corrected chi connectivity index (χ2v) is 16.5. The topological polar surface area (TPSA) is 178 Å². The number of amides is 2. The van der Waals surface area contributed by atoms with Crippen molar-refractivity contribution in [2.24, 2.45) is 5.92 Å². The molecule has 0 aliphatic carbocycles. The summed E-state index contributed by atoms with van der Waals surface area (Å²) >= 11 is 0. The number of fused-ring (bicyclic) bond motifs is 1. The fraction of sp³-hybridized carbons (Fsp3) is 0.533. The van der Waals surface area contributed by atoms with Gasteiger partial charge in [0.1, 0.15) is 21.5 Å². The number of benzene rings is 2. The van der Waals surface area contributed by atoms with Gasteiger partial charge in [-0.3, -0.25) is 4.79 Å². The molecule has 0 saturated carbocycles. The molecule has 1 heterocycles. The van der Waals surface area contributed by atoms with Gasteiger partial charge in [0.15, 0.2) is 11.5 Å². The highest BCUT2D eigenvalue weighted by atomic mass is 32.2. The van der Waals surface area contributed by atoms with Crippen LogP contribution in [-0.4, -0.2) is 93.9 Å². The predicted octanol–water partition coefficient (Wildman–Crippen LogP) is 2.09. The summed E-state index contributed by atoms with van der Waals surface area (Å²) in [5, 5.41) is 16.5. The lowest BCUT2D eigenvalue weighted by Crippen LogP contribution is -2.57. The lowest BCUT2D eigenvalue weighted by atomic mass is 10.0. The van der Waals surface area contributed by atoms with Gasteiger partial charge in [-0.05, 0) is 50.8 Å². The summed E-state index contributed by atoms with van der Waals surface area (Å²) in [6.45, 7) is 8.13. The minimum Gasteiger partial charge on any atom is -0.454 e. The average molecular weight is 670 g/mol. The monoisotopic (exact) mass is 669 g/mol. The molecule has 0 aromatic heterocycles. The Hall–Kier alpha value is -3.40. The third kappa shape index (κ3) is 11.2. The van der Waals surface area contributed by atoms with Crippen LogP contribution in [0.4, 0.5) is 4.79 Å². The standard InChI is InChI=1S/C30H43N3O10S2/c1-20(2)16-33(45(39,40)22-12-13-26-27(15-22)42-19-41-26)17-25(34)23(14-21-10-8-7-9-11-21)31-28(35)24(18-44(6,37)38)32-29(36)43-30(3,4)5/h7-13,15,20,23-25,34H,14,16-19H2,1-6H3,(H,31,35)(H,32,36)/t23?,24?,25-/m1/s1. The molecule has 2 aromatic carbocycles. The van der Waals surface area contributed by atoms with E-state index in [-0.39, 0.29) is 36.3 Å². The van der Waals surface area contributed by atoms with Gasteiger partial charge in [-0.15, -0.1) is 0 Å². The van der Waals surface area contributed by atoms with E-state index in [1.165, 1.54) is 18.2 Å². The molecule has 0 fully saturated rings. The fourth-order valence-corrected chi connectivity index (χ4v) is 7.05. The maximum absolute atomic E-state index is 13.8. The number of alkyl carbamates (subject to hydrolysis) is 1. The quantitative estimate of drug-likeness (QED) is 0.270. The maximum Gasteiger partial charge on any atom is 0.408 e. The molecule has 3 atom stereocenters. The molecule has 1 aliphatic heterocycles. The zero-order valence-corrected chi connectivity index (χ0v) is 28.0. The van der Waals surface area contributed by atoms with Crippen LogP contribution in [0.25, 0.3) is 0 Å². The third-order valence-electron chi connectivity index (χ3n) is 6.51. The fourth-order valence-electron chi connectivity index (χ4n) is 4.57. The highest BCUT2D eigenvalue weighted by molar-refractivity contribution is 7.90. The first-order chi connectivity index (χ1) is 20.8. The van der Waals surface area contributed by atoms with E-state index in [2.05, 4.69) is 10.6 Å². The van der Waals surface area contributed by atoms with Crippen molar-refractivity contribution in [1.82, 2.24) is 14.9 Å². The van der Waals surface area contributed by atoms with E-state index in [1.54, 1.807) is 51.1 Å². The summed E-state index contributed by atoms with van der Waals surface area (Å²) in [7, 11) is -7.91. The number of hydrogen-bond acceptors (Lipinski definition) is 10. The van der Waals surface area contributed by atoms with Crippen molar-refractivity contribution in [3.05, 3.63) is 54.1 Å². The lowest BCUT2D eigenvalue weighted by molar-refractivity contribution is -0.124. The number of carbonyl (C=O) groups is 2. The van der Waals surface area contributed by atoms with Crippen LogP contribution in [0.3, 0.4) is 0 Å². The number of rotatable bonds is 14. The molecule has 0 spiro atoms. The van der Waals surface area contributed by atoms with Gasteiger partial charge in [0, 0.05) is 25.4 Å². The van der Waals surface area contributed by atoms with Crippen LogP contribution < -0.4 is 20.1 Å². The van der Waals surface area contributed by atoms with E-state index < -0.39 is 67.9 Å². The largest absolute Gasteiger partial charge is 0.454 e. The summed E-state index contributed by atoms with van der Waals surface area (Å²) in [5.74, 6) is -1.05. The van der Waals surface area contributed by atoms with Crippen LogP contribution >= 0.6 is 0 Å². The number of nitrogens with zero attached hydrogens (tertiary/aromatic N) is 1. The van der Waals surface area contributed by atoms with Gasteiger partial charge in [0.05, 0.1) is 22.8 Å². The Kier molecular flexibility index (Phi) is 11.9. The van der Waals surface area contributed by atoms with Crippen molar-refractivity contribution in [2.45, 2.75) is 69.7 Å². The molecule has 0 radical (unpaired) electrons. The van der Waals surface area contributed by atoms with Gasteiger partial charge in [0.2, 0.25) is 22.7 Å². The first-order valence-corrected chi connectivity index (χ1v) is 17.9. The second kappa shape index (κ2) is 14.8. The van der Waals surface area contributed by atoms with Gasteiger partial charge in [-0.2, -0.15) is 4.31 Å². The minimum atomic E-state index is -4.15. The summed E-state index contributed by atoms with van der Waals surface area (Å²) in [5.41, 5.74) is -0.193. The molecule has 15 heteroatoms. The lowest BCUT2D eigenvalue weighted by Gasteiger charge is -2.31. The molecule has 2 unspecified atom stereocenters. The summed E-state index contributed by atoms with van der Waals surface area (Å²) in [6.07, 6.45) is -1.45. The first kappa shape index (κ1) is 36.1. The predicted molar refractivity (Wildman–Crippen MR) is 167 cm³/mol. The number of hydrogen-bond donors (Lipinski definition) is 3. The van der Waals surface area contributed by atoms with Gasteiger partial charge >= 0.3 is 6.09 Å². The Labute approximate surface area is 265 Å². The first-order valence-electron chi connectivity index (χ1n) is 14.4. The van der Waals surface area contributed by atoms with Crippen LogP contribution in [0.2, 0.25) is 0 Å². The molecule has 3 N–H and O–H groups in total. The van der Waals surface area contributed by atoms with Crippen molar-refractivity contribution in [1.29, 1.82) is 0 Å². The Bertz CT molecular complexity index is 1540. The number of ether oxygens (including phenoxy) is 3. The van der Waals surface area contributed by atoms with E-state index in [0.29, 0.717) is 5.75 Å². The number of sulfonamides is 1. The van der Waals surface area contributed by atoms with Crippen LogP contribution in [0, 0.1) is 5.92 Å². The molecule has 45 heavy (non-hydrogen) atoms. The van der Waals surface area contributed by atoms with Gasteiger partial charge < -0.3 is 30.0 Å². The molecule has 0 bridgehead atoms. The summed E-state index contributed by atoms with van der Waals surface area (Å²) in [4.78, 5) is 25.9. The molecular formula is C30H43N3O10S2. The smallest absolute Gasteiger partial charge is 0.408 e. The van der Waals surface area contributed by atoms with Crippen LogP contribution in [-0.2, 0) is 35.8 Å². The third-order valence-corrected chi connectivity index (χ3v) is 9.28. The normalized spacial score (nSPS) is 15.4. The molecule has 13 nitrogen and oxygen atoms in total. The Morgan fingerprint density at radius 1 is 0.978 bits per heavy atom. The molecular weight excluding hydrogens is 626 g/mol. The molecule has 0 saturated heterocycles. The number of aliphatic hydroxyl groups is 1. The van der Waals surface area contributed by atoms with Crippen molar-refractivity contribution < 1.29 is 45.7 Å². The highest BCUT2D eigenvalue weighted by Crippen LogP contribution is 2.35. The second-order valence-electron chi connectivity index (χ2n) is 12.4. The van der Waals surface area contributed by atoms with Crippen LogP contribution in [0.15, 0.2) is 53.4 Å². The Morgan fingerprint density at radius 2 is 1.62 bits per heavy atom. The number of nitrogens with one attached hydrogen (secondary N) is 2. The van der Waals surface area contributed by atoms with Gasteiger partial charge in [-0.1, -0.05) is 44.2 Å². The molecule has 3 rings (SSSR count). The molecule has 1 aliphatic rings. The molecule has 2 aromatic rings. The summed E-state index contributed by atoms with van der Waals surface area (Å²) < 4.78 is 69.0. The van der Waals surface area contributed by atoms with E-state index in [9.17, 15) is 31.5 Å². The molecule has 250 valence electrons. The van der Waals surface area contributed by atoms with Crippen molar-refractivity contribution in [3.8, 4) is 11.5 Å². The zero-order valence-electron chi connectivity index (χ0n) is 26.3. The Morgan fingerprint density at radius 3 is 2.22 bits per heavy atom. The number of carbonyl (C=O) groups excluding carboxylic acids is 2. The SMILES string of the molecule is CC(C)CN(C[C@@H](O)C(Cc1ccccc1)NC(=O)C(CS(C)(=O)=O)NC(=O)OC(C)(C)C)S(=O)(=O)c1ccc2c(c1)OCO2. The zero-order chi connectivity index (χ0) is 33.6. The van der Waals surface area contributed by atoms with Gasteiger partial charge in [0.25, 0.3) is 0 Å². The number of sulfone groups is 1. The van der Waals surface area contributed by atoms with E-state index >= 15 is 0 Å². The highest BCUT2D eigenvalue weighted by Gasteiger charge is 2.35. The van der Waals surface area contributed by atoms with Crippen molar-refractivity contribution in [3.63, 3.8) is 0 Å². The van der Waals surface area contributed by atoms with E-state index in [1.807, 2.05) is 13.8 Å². The van der Waals surface area contributed by atoms with E-state index in [0.717, 1.165) is 16.1 Å². The summed E-state index contributed by atoms with van der Waals surface area (Å²) in [6, 6.07) is 10.5. The van der Waals surface area contributed by atoms with Crippen LogP contribution in [0.1, 0.15) is 40.2 Å². The van der Waals surface area contributed by atoms with Gasteiger partial charge in [-0.25, -0.2) is 21.6 Å².